The Balaban J connectivity index is 1.32. The van der Waals surface area contributed by atoms with Gasteiger partial charge in [-0.15, -0.1) is 0 Å². The minimum absolute atomic E-state index is 0.123. The van der Waals surface area contributed by atoms with Gasteiger partial charge in [0.25, 0.3) is 5.91 Å². The molecule has 1 saturated heterocycles. The maximum atomic E-state index is 13.0. The number of nitrogens with one attached hydrogen (secondary N) is 1. The molecule has 1 amide bonds. The van der Waals surface area contributed by atoms with Gasteiger partial charge in [-0.2, -0.15) is 4.31 Å². The highest BCUT2D eigenvalue weighted by molar-refractivity contribution is 7.89. The van der Waals surface area contributed by atoms with E-state index in [2.05, 4.69) is 5.32 Å². The molecular weight excluding hydrogens is 492 g/mol. The minimum atomic E-state index is -3.64. The van der Waals surface area contributed by atoms with Crippen molar-refractivity contribution >= 4 is 27.6 Å². The first-order chi connectivity index (χ1) is 17.8. The summed E-state index contributed by atoms with van der Waals surface area (Å²) in [5.74, 6) is -0.748. The number of para-hydroxylation sites is 1. The molecule has 4 rings (SSSR count). The molecule has 0 aliphatic carbocycles. The fourth-order valence-corrected chi connectivity index (χ4v) is 5.65. The Labute approximate surface area is 217 Å². The zero-order chi connectivity index (χ0) is 26.3. The third-order valence-corrected chi connectivity index (χ3v) is 8.01. The van der Waals surface area contributed by atoms with Crippen LogP contribution in [0.5, 0.6) is 5.75 Å². The summed E-state index contributed by atoms with van der Waals surface area (Å²) in [6.07, 6.45) is 2.69. The highest BCUT2D eigenvalue weighted by atomic mass is 32.2. The van der Waals surface area contributed by atoms with E-state index in [4.69, 9.17) is 9.47 Å². The summed E-state index contributed by atoms with van der Waals surface area (Å²) in [4.78, 5) is 24.8. The Morgan fingerprint density at radius 1 is 0.892 bits per heavy atom. The van der Waals surface area contributed by atoms with Crippen LogP contribution in [0.15, 0.2) is 77.7 Å². The zero-order valence-electron chi connectivity index (χ0n) is 20.7. The van der Waals surface area contributed by atoms with Crippen molar-refractivity contribution in [1.82, 2.24) is 4.31 Å². The average molecular weight is 523 g/mol. The molecule has 1 aliphatic heterocycles. The number of rotatable bonds is 9. The number of benzene rings is 3. The molecule has 3 aromatic carbocycles. The zero-order valence-corrected chi connectivity index (χ0v) is 21.5. The third-order valence-electron chi connectivity index (χ3n) is 6.12. The summed E-state index contributed by atoms with van der Waals surface area (Å²) in [6, 6.07) is 21.6. The molecule has 8 nitrogen and oxygen atoms in total. The van der Waals surface area contributed by atoms with Gasteiger partial charge in [-0.3, -0.25) is 4.79 Å². The number of amides is 1. The number of hydrogen-bond donors (Lipinski definition) is 1. The molecular formula is C28H30N2O6S. The number of carbonyl (C=O) groups excluding carboxylic acids is 2. The molecule has 1 N–H and O–H groups in total. The third kappa shape index (κ3) is 6.75. The van der Waals surface area contributed by atoms with Crippen molar-refractivity contribution in [3.63, 3.8) is 0 Å². The highest BCUT2D eigenvalue weighted by Gasteiger charge is 2.26. The topological polar surface area (TPSA) is 102 Å². The molecule has 0 saturated carbocycles. The quantitative estimate of drug-likeness (QED) is 0.418. The van der Waals surface area contributed by atoms with Crippen LogP contribution in [0.3, 0.4) is 0 Å². The molecule has 1 heterocycles. The van der Waals surface area contributed by atoms with Crippen LogP contribution in [0.25, 0.3) is 11.1 Å². The molecule has 0 spiro atoms. The predicted octanol–water partition coefficient (Wildman–Crippen LogP) is 4.40. The maximum absolute atomic E-state index is 13.0. The molecule has 9 heteroatoms. The first-order valence-corrected chi connectivity index (χ1v) is 13.6. The summed E-state index contributed by atoms with van der Waals surface area (Å²) < 4.78 is 38.2. The molecule has 0 radical (unpaired) electrons. The number of anilines is 1. The second-order valence-electron chi connectivity index (χ2n) is 8.80. The van der Waals surface area contributed by atoms with Gasteiger partial charge in [0.2, 0.25) is 10.0 Å². The number of sulfonamides is 1. The van der Waals surface area contributed by atoms with Crippen molar-refractivity contribution in [2.75, 3.05) is 31.6 Å². The molecule has 1 fully saturated rings. The molecule has 3 aromatic rings. The van der Waals surface area contributed by atoms with Crippen LogP contribution in [0, 0.1) is 6.92 Å². The van der Waals surface area contributed by atoms with E-state index in [1.807, 2.05) is 48.5 Å². The van der Waals surface area contributed by atoms with Crippen LogP contribution in [0.1, 0.15) is 24.8 Å². The number of esters is 1. The first kappa shape index (κ1) is 26.4. The molecule has 0 atom stereocenters. The van der Waals surface area contributed by atoms with Gasteiger partial charge in [0.15, 0.2) is 13.2 Å². The van der Waals surface area contributed by atoms with Crippen LogP contribution < -0.4 is 10.1 Å². The Hall–Kier alpha value is -3.69. The van der Waals surface area contributed by atoms with E-state index < -0.39 is 28.5 Å². The number of ether oxygens (including phenoxy) is 2. The smallest absolute Gasteiger partial charge is 0.344 e. The van der Waals surface area contributed by atoms with Gasteiger partial charge >= 0.3 is 5.97 Å². The SMILES string of the molecule is Cc1ccc(S(=O)(=O)N2CCCCC2)cc1NC(=O)COC(=O)COc1ccccc1-c1ccccc1. The lowest BCUT2D eigenvalue weighted by atomic mass is 10.1. The Morgan fingerprint density at radius 2 is 1.59 bits per heavy atom. The van der Waals surface area contributed by atoms with Gasteiger partial charge in [-0.25, -0.2) is 13.2 Å². The summed E-state index contributed by atoms with van der Waals surface area (Å²) >= 11 is 0. The van der Waals surface area contributed by atoms with Crippen LogP contribution >= 0.6 is 0 Å². The lowest BCUT2D eigenvalue weighted by Crippen LogP contribution is -2.35. The fraction of sp³-hybridized carbons (Fsp3) is 0.286. The average Bonchev–Trinajstić information content (AvgIpc) is 2.93. The van der Waals surface area contributed by atoms with Gasteiger partial charge in [-0.05, 0) is 49.1 Å². The monoisotopic (exact) mass is 522 g/mol. The van der Waals surface area contributed by atoms with E-state index in [0.717, 1.165) is 30.4 Å². The van der Waals surface area contributed by atoms with Crippen LogP contribution in [0.2, 0.25) is 0 Å². The van der Waals surface area contributed by atoms with Crippen molar-refractivity contribution in [3.8, 4) is 16.9 Å². The lowest BCUT2D eigenvalue weighted by Gasteiger charge is -2.26. The van der Waals surface area contributed by atoms with Gasteiger partial charge in [0.1, 0.15) is 5.75 Å². The van der Waals surface area contributed by atoms with Crippen molar-refractivity contribution < 1.29 is 27.5 Å². The maximum Gasteiger partial charge on any atom is 0.344 e. The largest absolute Gasteiger partial charge is 0.481 e. The van der Waals surface area contributed by atoms with Crippen molar-refractivity contribution in [2.24, 2.45) is 0 Å². The van der Waals surface area contributed by atoms with Crippen LogP contribution in [-0.2, 0) is 24.3 Å². The van der Waals surface area contributed by atoms with Gasteiger partial charge in [0.05, 0.1) is 4.90 Å². The summed E-state index contributed by atoms with van der Waals surface area (Å²) in [5, 5.41) is 2.65. The molecule has 0 bridgehead atoms. The Bertz CT molecular complexity index is 1350. The van der Waals surface area contributed by atoms with Crippen LogP contribution in [0.4, 0.5) is 5.69 Å². The van der Waals surface area contributed by atoms with E-state index >= 15 is 0 Å². The van der Waals surface area contributed by atoms with Gasteiger partial charge < -0.3 is 14.8 Å². The second kappa shape index (κ2) is 12.0. The van der Waals surface area contributed by atoms with Crippen molar-refractivity contribution in [3.05, 3.63) is 78.4 Å². The van der Waals surface area contributed by atoms with Crippen LogP contribution in [-0.4, -0.2) is 50.9 Å². The second-order valence-corrected chi connectivity index (χ2v) is 10.7. The molecule has 37 heavy (non-hydrogen) atoms. The van der Waals surface area contributed by atoms with E-state index in [9.17, 15) is 18.0 Å². The van der Waals surface area contributed by atoms with Gasteiger partial charge in [-0.1, -0.05) is 61.0 Å². The molecule has 194 valence electrons. The normalized spacial score (nSPS) is 14.1. The van der Waals surface area contributed by atoms with Crippen molar-refractivity contribution in [1.29, 1.82) is 0 Å². The summed E-state index contributed by atoms with van der Waals surface area (Å²) in [6.45, 7) is 1.86. The van der Waals surface area contributed by atoms with E-state index in [1.165, 1.54) is 10.4 Å². The summed E-state index contributed by atoms with van der Waals surface area (Å²) in [5.41, 5.74) is 2.83. The summed E-state index contributed by atoms with van der Waals surface area (Å²) in [7, 11) is -3.64. The highest BCUT2D eigenvalue weighted by Crippen LogP contribution is 2.29. The van der Waals surface area contributed by atoms with E-state index in [1.54, 1.807) is 25.1 Å². The number of hydrogen-bond acceptors (Lipinski definition) is 6. The number of carbonyl (C=O) groups is 2. The number of piperidine rings is 1. The molecule has 0 unspecified atom stereocenters. The predicted molar refractivity (Wildman–Crippen MR) is 141 cm³/mol. The Kier molecular flexibility index (Phi) is 8.58. The fourth-order valence-electron chi connectivity index (χ4n) is 4.11. The Morgan fingerprint density at radius 3 is 2.35 bits per heavy atom. The van der Waals surface area contributed by atoms with E-state index in [0.29, 0.717) is 30.1 Å². The number of nitrogens with zero attached hydrogens (tertiary/aromatic N) is 1. The lowest BCUT2D eigenvalue weighted by molar-refractivity contribution is -0.149. The minimum Gasteiger partial charge on any atom is -0.481 e. The van der Waals surface area contributed by atoms with Gasteiger partial charge in [0, 0.05) is 24.3 Å². The first-order valence-electron chi connectivity index (χ1n) is 12.2. The number of aryl methyl sites for hydroxylation is 1. The molecule has 0 aromatic heterocycles. The van der Waals surface area contributed by atoms with E-state index in [-0.39, 0.29) is 11.5 Å². The molecule has 1 aliphatic rings. The van der Waals surface area contributed by atoms with Crippen molar-refractivity contribution in [2.45, 2.75) is 31.1 Å². The standard InChI is InChI=1S/C28H30N2O6S/c1-21-14-15-23(37(33,34)30-16-8-3-9-17-30)18-25(21)29-27(31)19-36-28(32)20-35-26-13-7-6-12-24(26)22-10-4-2-5-11-22/h2,4-7,10-15,18H,3,8-9,16-17,19-20H2,1H3,(H,29,31).